The predicted octanol–water partition coefficient (Wildman–Crippen LogP) is 2.82. The number of non-ortho nitro benzene ring substituents is 1. The number of hydrogen-bond donors (Lipinski definition) is 0. The van der Waals surface area contributed by atoms with Gasteiger partial charge in [0.1, 0.15) is 0 Å². The summed E-state index contributed by atoms with van der Waals surface area (Å²) in [4.78, 5) is 20.8. The van der Waals surface area contributed by atoms with Gasteiger partial charge >= 0.3 is 5.97 Å². The van der Waals surface area contributed by atoms with Crippen LogP contribution in [0.25, 0.3) is 6.08 Å². The smallest absolute Gasteiger partial charge is 0.309 e. The molecule has 0 amide bonds. The molecule has 0 aliphatic rings. The second-order valence-corrected chi connectivity index (χ2v) is 3.55. The molecule has 1 aromatic rings. The van der Waals surface area contributed by atoms with E-state index >= 15 is 0 Å². The van der Waals surface area contributed by atoms with Crippen LogP contribution in [-0.4, -0.2) is 18.0 Å². The number of carbonyl (C=O) groups is 1. The molecule has 1 rings (SSSR count). The molecule has 0 radical (unpaired) electrons. The number of nitro benzene ring substituents is 1. The molecule has 0 aliphatic heterocycles. The Morgan fingerprint density at radius 1 is 1.59 bits per heavy atom. The first kappa shape index (κ1) is 13.2. The Morgan fingerprint density at radius 3 is 2.82 bits per heavy atom. The van der Waals surface area contributed by atoms with E-state index in [4.69, 9.17) is 11.6 Å². The molecule has 0 aromatic heterocycles. The first-order chi connectivity index (χ1) is 8.04. The molecule has 0 saturated carbocycles. The third kappa shape index (κ3) is 3.88. The number of ether oxygens (including phenoxy) is 1. The van der Waals surface area contributed by atoms with Crippen molar-refractivity contribution in [3.05, 3.63) is 45.0 Å². The average Bonchev–Trinajstić information content (AvgIpc) is 2.30. The number of rotatable bonds is 4. The van der Waals surface area contributed by atoms with E-state index < -0.39 is 4.92 Å². The lowest BCUT2D eigenvalue weighted by molar-refractivity contribution is -0.384. The molecule has 0 saturated heterocycles. The van der Waals surface area contributed by atoms with Gasteiger partial charge in [-0.2, -0.15) is 0 Å². The zero-order chi connectivity index (χ0) is 12.8. The highest BCUT2D eigenvalue weighted by Crippen LogP contribution is 2.23. The summed E-state index contributed by atoms with van der Waals surface area (Å²) in [5.41, 5.74) is 0.543. The molecule has 1 aromatic carbocycles. The Bertz CT molecular complexity index is 471. The van der Waals surface area contributed by atoms with E-state index in [1.54, 1.807) is 12.2 Å². The molecule has 5 nitrogen and oxygen atoms in total. The van der Waals surface area contributed by atoms with E-state index in [0.29, 0.717) is 5.56 Å². The predicted molar refractivity (Wildman–Crippen MR) is 63.8 cm³/mol. The van der Waals surface area contributed by atoms with Gasteiger partial charge < -0.3 is 4.74 Å². The van der Waals surface area contributed by atoms with E-state index in [-0.39, 0.29) is 23.1 Å². The van der Waals surface area contributed by atoms with E-state index in [9.17, 15) is 14.9 Å². The van der Waals surface area contributed by atoms with Gasteiger partial charge in [-0.25, -0.2) is 0 Å². The van der Waals surface area contributed by atoms with Crippen molar-refractivity contribution >= 4 is 29.3 Å². The minimum Gasteiger partial charge on any atom is -0.469 e. The van der Waals surface area contributed by atoms with E-state index in [2.05, 4.69) is 4.74 Å². The van der Waals surface area contributed by atoms with Crippen LogP contribution in [0.1, 0.15) is 12.0 Å². The molecule has 6 heteroatoms. The number of carbonyl (C=O) groups excluding carboxylic acids is 1. The first-order valence-electron chi connectivity index (χ1n) is 4.72. The Morgan fingerprint density at radius 2 is 2.29 bits per heavy atom. The van der Waals surface area contributed by atoms with Crippen molar-refractivity contribution in [1.29, 1.82) is 0 Å². The zero-order valence-electron chi connectivity index (χ0n) is 9.05. The number of benzene rings is 1. The normalized spacial score (nSPS) is 10.5. The maximum atomic E-state index is 10.8. The number of halogens is 1. The van der Waals surface area contributed by atoms with Crippen LogP contribution in [0.3, 0.4) is 0 Å². The van der Waals surface area contributed by atoms with E-state index in [0.717, 1.165) is 0 Å². The van der Waals surface area contributed by atoms with Gasteiger partial charge in [0.2, 0.25) is 0 Å². The second kappa shape index (κ2) is 6.00. The molecule has 0 unspecified atom stereocenters. The first-order valence-corrected chi connectivity index (χ1v) is 5.09. The molecule has 90 valence electrons. The van der Waals surface area contributed by atoms with Crippen LogP contribution in [0.5, 0.6) is 0 Å². The lowest BCUT2D eigenvalue weighted by Crippen LogP contribution is -1.96. The summed E-state index contributed by atoms with van der Waals surface area (Å²) < 4.78 is 4.46. The fourth-order valence-corrected chi connectivity index (χ4v) is 1.37. The quantitative estimate of drug-likeness (QED) is 0.471. The SMILES string of the molecule is COC(=O)CC=Cc1ccc([N+](=O)[O-])cc1Cl. The van der Waals surface area contributed by atoms with Crippen molar-refractivity contribution in [3.63, 3.8) is 0 Å². The Hall–Kier alpha value is -1.88. The summed E-state index contributed by atoms with van der Waals surface area (Å²) in [5.74, 6) is -0.362. The Balaban J connectivity index is 2.79. The lowest BCUT2D eigenvalue weighted by atomic mass is 10.2. The maximum absolute atomic E-state index is 10.8. The van der Waals surface area contributed by atoms with Crippen molar-refractivity contribution in [2.24, 2.45) is 0 Å². The number of hydrogen-bond acceptors (Lipinski definition) is 4. The fraction of sp³-hybridized carbons (Fsp3) is 0.182. The maximum Gasteiger partial charge on any atom is 0.309 e. The third-order valence-electron chi connectivity index (χ3n) is 2.00. The lowest BCUT2D eigenvalue weighted by Gasteiger charge is -1.98. The molecule has 0 N–H and O–H groups in total. The van der Waals surface area contributed by atoms with Gasteiger partial charge in [0, 0.05) is 12.1 Å². The van der Waals surface area contributed by atoms with Crippen molar-refractivity contribution < 1.29 is 14.5 Å². The van der Waals surface area contributed by atoms with Gasteiger partial charge in [0.05, 0.1) is 23.5 Å². The van der Waals surface area contributed by atoms with Crippen molar-refractivity contribution in [3.8, 4) is 0 Å². The summed E-state index contributed by atoms with van der Waals surface area (Å²) in [7, 11) is 1.30. The van der Waals surface area contributed by atoms with E-state index in [1.165, 1.54) is 25.3 Å². The molecule has 0 bridgehead atoms. The molecule has 0 atom stereocenters. The fourth-order valence-electron chi connectivity index (χ4n) is 1.13. The average molecular weight is 256 g/mol. The van der Waals surface area contributed by atoms with Crippen LogP contribution in [0.15, 0.2) is 24.3 Å². The van der Waals surface area contributed by atoms with Crippen molar-refractivity contribution in [1.82, 2.24) is 0 Å². The van der Waals surface area contributed by atoms with Crippen molar-refractivity contribution in [2.45, 2.75) is 6.42 Å². The van der Waals surface area contributed by atoms with Gasteiger partial charge in [-0.15, -0.1) is 0 Å². The minimum atomic E-state index is -0.520. The number of esters is 1. The molecule has 17 heavy (non-hydrogen) atoms. The van der Waals surface area contributed by atoms with E-state index in [1.807, 2.05) is 0 Å². The van der Waals surface area contributed by atoms with Gasteiger partial charge in [-0.3, -0.25) is 14.9 Å². The highest BCUT2D eigenvalue weighted by Gasteiger charge is 2.07. The van der Waals surface area contributed by atoms with Gasteiger partial charge in [0.15, 0.2) is 0 Å². The number of nitro groups is 1. The monoisotopic (exact) mass is 255 g/mol. The number of methoxy groups -OCH3 is 1. The molecule has 0 spiro atoms. The standard InChI is InChI=1S/C11H10ClNO4/c1-17-11(14)4-2-3-8-5-6-9(13(15)16)7-10(8)12/h2-3,5-7H,4H2,1H3. The topological polar surface area (TPSA) is 69.4 Å². The third-order valence-corrected chi connectivity index (χ3v) is 2.33. The summed E-state index contributed by atoms with van der Waals surface area (Å²) >= 11 is 5.85. The Kier molecular flexibility index (Phi) is 4.66. The molecule has 0 aliphatic carbocycles. The Labute approximate surface area is 103 Å². The summed E-state index contributed by atoms with van der Waals surface area (Å²) in [6.07, 6.45) is 3.33. The summed E-state index contributed by atoms with van der Waals surface area (Å²) in [5, 5.41) is 10.7. The molecular formula is C11H10ClNO4. The molecule has 0 fully saturated rings. The van der Waals surface area contributed by atoms with Crippen LogP contribution in [-0.2, 0) is 9.53 Å². The van der Waals surface area contributed by atoms with Crippen LogP contribution in [0.4, 0.5) is 5.69 Å². The van der Waals surface area contributed by atoms with Crippen LogP contribution in [0, 0.1) is 10.1 Å². The zero-order valence-corrected chi connectivity index (χ0v) is 9.81. The van der Waals surface area contributed by atoms with Gasteiger partial charge in [-0.05, 0) is 11.6 Å². The largest absolute Gasteiger partial charge is 0.469 e. The van der Waals surface area contributed by atoms with Gasteiger partial charge in [0.25, 0.3) is 5.69 Å². The summed E-state index contributed by atoms with van der Waals surface area (Å²) in [6, 6.07) is 4.14. The highest BCUT2D eigenvalue weighted by molar-refractivity contribution is 6.32. The van der Waals surface area contributed by atoms with Crippen LogP contribution < -0.4 is 0 Å². The van der Waals surface area contributed by atoms with Crippen LogP contribution in [0.2, 0.25) is 5.02 Å². The van der Waals surface area contributed by atoms with Crippen molar-refractivity contribution in [2.75, 3.05) is 7.11 Å². The number of nitrogens with zero attached hydrogens (tertiary/aromatic N) is 1. The minimum absolute atomic E-state index is 0.0693. The second-order valence-electron chi connectivity index (χ2n) is 3.15. The highest BCUT2D eigenvalue weighted by atomic mass is 35.5. The summed E-state index contributed by atoms with van der Waals surface area (Å²) in [6.45, 7) is 0. The molecular weight excluding hydrogens is 246 g/mol. The van der Waals surface area contributed by atoms with Gasteiger partial charge in [-0.1, -0.05) is 23.8 Å². The van der Waals surface area contributed by atoms with Crippen LogP contribution >= 0.6 is 11.6 Å². The molecule has 0 heterocycles.